The van der Waals surface area contributed by atoms with Crippen molar-refractivity contribution in [3.63, 3.8) is 0 Å². The van der Waals surface area contributed by atoms with E-state index in [1.54, 1.807) is 24.4 Å². The summed E-state index contributed by atoms with van der Waals surface area (Å²) in [6, 6.07) is 10.4. The number of carbonyl (C=O) groups excluding carboxylic acids is 1. The van der Waals surface area contributed by atoms with Gasteiger partial charge < -0.3 is 14.4 Å². The van der Waals surface area contributed by atoms with E-state index in [1.165, 1.54) is 31.4 Å². The lowest BCUT2D eigenvalue weighted by Crippen LogP contribution is -2.41. The Morgan fingerprint density at radius 3 is 2.44 bits per heavy atom. The van der Waals surface area contributed by atoms with E-state index in [-0.39, 0.29) is 5.56 Å². The van der Waals surface area contributed by atoms with Crippen molar-refractivity contribution >= 4 is 12.2 Å². The third-order valence-electron chi connectivity index (χ3n) is 4.32. The number of piperazine rings is 1. The summed E-state index contributed by atoms with van der Waals surface area (Å²) in [4.78, 5) is 14.5. The Morgan fingerprint density at radius 2 is 1.78 bits per heavy atom. The zero-order chi connectivity index (χ0) is 19.2. The molecule has 3 rings (SSSR count). The van der Waals surface area contributed by atoms with Gasteiger partial charge >= 0.3 is 5.97 Å². The second-order valence-electron chi connectivity index (χ2n) is 6.31. The van der Waals surface area contributed by atoms with E-state index in [0.29, 0.717) is 11.5 Å². The van der Waals surface area contributed by atoms with Gasteiger partial charge in [-0.1, -0.05) is 0 Å². The molecule has 1 fully saturated rings. The van der Waals surface area contributed by atoms with Crippen molar-refractivity contribution in [2.75, 3.05) is 40.3 Å². The van der Waals surface area contributed by atoms with E-state index in [2.05, 4.69) is 17.0 Å². The van der Waals surface area contributed by atoms with Crippen molar-refractivity contribution in [3.8, 4) is 11.5 Å². The fourth-order valence-electron chi connectivity index (χ4n) is 2.65. The first-order valence-corrected chi connectivity index (χ1v) is 8.68. The molecule has 142 valence electrons. The highest BCUT2D eigenvalue weighted by Gasteiger charge is 2.14. The van der Waals surface area contributed by atoms with Crippen LogP contribution in [0.5, 0.6) is 11.5 Å². The first-order valence-electron chi connectivity index (χ1n) is 8.68. The molecular weight excluding hydrogens is 349 g/mol. The highest BCUT2D eigenvalue weighted by Crippen LogP contribution is 2.28. The number of hydrogen-bond donors (Lipinski definition) is 0. The number of methoxy groups -OCH3 is 1. The van der Waals surface area contributed by atoms with Crippen LogP contribution < -0.4 is 9.47 Å². The minimum absolute atomic E-state index is 0.263. The first kappa shape index (κ1) is 18.8. The second kappa shape index (κ2) is 8.64. The van der Waals surface area contributed by atoms with Gasteiger partial charge in [0.2, 0.25) is 0 Å². The van der Waals surface area contributed by atoms with Gasteiger partial charge in [-0.15, -0.1) is 0 Å². The van der Waals surface area contributed by atoms with Crippen molar-refractivity contribution in [2.45, 2.75) is 0 Å². The van der Waals surface area contributed by atoms with Crippen LogP contribution in [-0.2, 0) is 0 Å². The fraction of sp³-hybridized carbons (Fsp3) is 0.300. The van der Waals surface area contributed by atoms with E-state index in [0.717, 1.165) is 31.7 Å². The molecule has 0 amide bonds. The highest BCUT2D eigenvalue weighted by molar-refractivity contribution is 5.91. The Balaban J connectivity index is 1.68. The SMILES string of the molecule is COc1cc(/C=N/N2CCN(C)CC2)ccc1OC(=O)c1ccc(F)cc1. The maximum Gasteiger partial charge on any atom is 0.343 e. The van der Waals surface area contributed by atoms with E-state index < -0.39 is 11.8 Å². The molecule has 27 heavy (non-hydrogen) atoms. The van der Waals surface area contributed by atoms with Crippen LogP contribution in [0.4, 0.5) is 4.39 Å². The summed E-state index contributed by atoms with van der Waals surface area (Å²) in [5.41, 5.74) is 1.10. The van der Waals surface area contributed by atoms with Crippen LogP contribution in [-0.4, -0.2) is 62.4 Å². The molecule has 1 aliphatic rings. The number of esters is 1. The van der Waals surface area contributed by atoms with E-state index >= 15 is 0 Å². The lowest BCUT2D eigenvalue weighted by Gasteiger charge is -2.30. The average Bonchev–Trinajstić information content (AvgIpc) is 2.68. The van der Waals surface area contributed by atoms with E-state index in [1.807, 2.05) is 5.01 Å². The van der Waals surface area contributed by atoms with Crippen LogP contribution in [0, 0.1) is 5.82 Å². The minimum atomic E-state index is -0.577. The predicted molar refractivity (Wildman–Crippen MR) is 101 cm³/mol. The van der Waals surface area contributed by atoms with Gasteiger partial charge in [0.15, 0.2) is 11.5 Å². The molecule has 0 saturated carbocycles. The summed E-state index contributed by atoms with van der Waals surface area (Å²) in [6.07, 6.45) is 1.76. The summed E-state index contributed by atoms with van der Waals surface area (Å²) < 4.78 is 23.7. The molecule has 1 saturated heterocycles. The normalized spacial score (nSPS) is 15.1. The Bertz CT molecular complexity index is 816. The molecule has 0 atom stereocenters. The summed E-state index contributed by atoms with van der Waals surface area (Å²) >= 11 is 0. The standard InChI is InChI=1S/C20H22FN3O3/c1-23-9-11-24(12-10-23)22-14-15-3-8-18(19(13-15)26-2)27-20(25)16-4-6-17(21)7-5-16/h3-8,13-14H,9-12H2,1-2H3/b22-14+. The Morgan fingerprint density at radius 1 is 1.07 bits per heavy atom. The maximum atomic E-state index is 13.0. The lowest BCUT2D eigenvalue weighted by molar-refractivity contribution is 0.0729. The summed E-state index contributed by atoms with van der Waals surface area (Å²) in [5.74, 6) is -0.267. The van der Waals surface area contributed by atoms with Gasteiger partial charge in [0.25, 0.3) is 0 Å². The molecule has 1 heterocycles. The Kier molecular flexibility index (Phi) is 6.03. The van der Waals surface area contributed by atoms with Crippen molar-refractivity contribution in [1.82, 2.24) is 9.91 Å². The van der Waals surface area contributed by atoms with Gasteiger partial charge in [-0.05, 0) is 55.1 Å². The highest BCUT2D eigenvalue weighted by atomic mass is 19.1. The van der Waals surface area contributed by atoms with E-state index in [9.17, 15) is 9.18 Å². The van der Waals surface area contributed by atoms with Gasteiger partial charge in [0.1, 0.15) is 5.82 Å². The molecule has 0 aromatic heterocycles. The van der Waals surface area contributed by atoms with Crippen LogP contribution in [0.2, 0.25) is 0 Å². The number of hydrogen-bond acceptors (Lipinski definition) is 6. The molecule has 1 aliphatic heterocycles. The smallest absolute Gasteiger partial charge is 0.343 e. The zero-order valence-corrected chi connectivity index (χ0v) is 15.4. The molecule has 0 N–H and O–H groups in total. The molecule has 0 bridgehead atoms. The first-order chi connectivity index (χ1) is 13.0. The molecule has 0 unspecified atom stereocenters. The number of carbonyl (C=O) groups is 1. The van der Waals surface area contributed by atoms with Gasteiger partial charge in [0, 0.05) is 26.2 Å². The number of likely N-dealkylation sites (N-methyl/N-ethyl adjacent to an activating group) is 1. The number of rotatable bonds is 5. The molecule has 2 aromatic carbocycles. The number of nitrogens with zero attached hydrogens (tertiary/aromatic N) is 3. The third-order valence-corrected chi connectivity index (χ3v) is 4.32. The number of hydrazone groups is 1. The largest absolute Gasteiger partial charge is 0.493 e. The van der Waals surface area contributed by atoms with Crippen LogP contribution >= 0.6 is 0 Å². The lowest BCUT2D eigenvalue weighted by atomic mass is 10.2. The molecule has 2 aromatic rings. The molecule has 0 radical (unpaired) electrons. The minimum Gasteiger partial charge on any atom is -0.493 e. The average molecular weight is 371 g/mol. The second-order valence-corrected chi connectivity index (χ2v) is 6.31. The zero-order valence-electron chi connectivity index (χ0n) is 15.4. The molecule has 6 nitrogen and oxygen atoms in total. The van der Waals surface area contributed by atoms with Gasteiger partial charge in [-0.3, -0.25) is 5.01 Å². The molecular formula is C20H22FN3O3. The summed E-state index contributed by atoms with van der Waals surface area (Å²) in [7, 11) is 3.60. The van der Waals surface area contributed by atoms with Gasteiger partial charge in [0.05, 0.1) is 18.9 Å². The van der Waals surface area contributed by atoms with E-state index in [4.69, 9.17) is 9.47 Å². The Hall–Kier alpha value is -2.93. The summed E-state index contributed by atoms with van der Waals surface area (Å²) in [6.45, 7) is 3.74. The maximum absolute atomic E-state index is 13.0. The molecule has 0 aliphatic carbocycles. The third kappa shape index (κ3) is 5.04. The number of ether oxygens (including phenoxy) is 2. The van der Waals surface area contributed by atoms with Crippen molar-refractivity contribution in [3.05, 3.63) is 59.4 Å². The monoisotopic (exact) mass is 371 g/mol. The topological polar surface area (TPSA) is 54.4 Å². The van der Waals surface area contributed by atoms with Crippen LogP contribution in [0.15, 0.2) is 47.6 Å². The number of benzene rings is 2. The quantitative estimate of drug-likeness (QED) is 0.459. The van der Waals surface area contributed by atoms with Crippen molar-refractivity contribution in [1.29, 1.82) is 0 Å². The summed E-state index contributed by atoms with van der Waals surface area (Å²) in [5, 5.41) is 6.52. The number of halogens is 1. The van der Waals surface area contributed by atoms with Crippen molar-refractivity contribution in [2.24, 2.45) is 5.10 Å². The molecule has 7 heteroatoms. The fourth-order valence-corrected chi connectivity index (χ4v) is 2.65. The van der Waals surface area contributed by atoms with Gasteiger partial charge in [-0.2, -0.15) is 5.10 Å². The predicted octanol–water partition coefficient (Wildman–Crippen LogP) is 2.63. The van der Waals surface area contributed by atoms with Crippen LogP contribution in [0.25, 0.3) is 0 Å². The van der Waals surface area contributed by atoms with Crippen LogP contribution in [0.1, 0.15) is 15.9 Å². The molecule has 0 spiro atoms. The van der Waals surface area contributed by atoms with Crippen LogP contribution in [0.3, 0.4) is 0 Å². The van der Waals surface area contributed by atoms with Gasteiger partial charge in [-0.25, -0.2) is 9.18 Å². The van der Waals surface area contributed by atoms with Crippen molar-refractivity contribution < 1.29 is 18.7 Å². The Labute approximate surface area is 157 Å².